The van der Waals surface area contributed by atoms with Crippen LogP contribution < -0.4 is 11.3 Å². The van der Waals surface area contributed by atoms with E-state index in [-0.39, 0.29) is 0 Å². The summed E-state index contributed by atoms with van der Waals surface area (Å²) in [4.78, 5) is 50.7. The summed E-state index contributed by atoms with van der Waals surface area (Å²) in [7, 11) is -4.27. The van der Waals surface area contributed by atoms with Crippen LogP contribution >= 0.6 is 7.82 Å². The zero-order valence-electron chi connectivity index (χ0n) is 18.0. The van der Waals surface area contributed by atoms with Crippen molar-refractivity contribution in [1.29, 1.82) is 0 Å². The standard InChI is InChI=1S/C18H21FN3O11P/c1-5-28-34(27,29-6-2)30-8-11-14(31-9(3)23)15(32-10(4)24)18(33-11)22-7-12(19)21-13(16(20)25)17(22)26/h5-7,11,14-15,18H,1-2,8H2,3-4H3,(H2,20,25)/t11-,14-,15-,18-/m1/s1. The van der Waals surface area contributed by atoms with E-state index >= 15 is 0 Å². The topological polar surface area (TPSA) is 185 Å². The number of rotatable bonds is 11. The minimum atomic E-state index is -4.27. The molecule has 0 aliphatic carbocycles. The molecular weight excluding hydrogens is 484 g/mol. The van der Waals surface area contributed by atoms with Crippen molar-refractivity contribution < 1.29 is 51.1 Å². The highest BCUT2D eigenvalue weighted by atomic mass is 31.2. The summed E-state index contributed by atoms with van der Waals surface area (Å²) in [6.07, 6.45) is -3.89. The Kier molecular flexibility index (Phi) is 8.68. The van der Waals surface area contributed by atoms with Gasteiger partial charge in [-0.15, -0.1) is 0 Å². The summed E-state index contributed by atoms with van der Waals surface area (Å²) in [5.41, 5.74) is 2.92. The molecule has 2 N–H and O–H groups in total. The van der Waals surface area contributed by atoms with Crippen LogP contribution in [0, 0.1) is 5.95 Å². The minimum absolute atomic E-state index is 0.548. The maximum Gasteiger partial charge on any atom is 0.586 e. The molecular formula is C18H21FN3O11P. The zero-order valence-corrected chi connectivity index (χ0v) is 18.8. The van der Waals surface area contributed by atoms with Crippen molar-refractivity contribution >= 4 is 25.7 Å². The average Bonchev–Trinajstić information content (AvgIpc) is 3.04. The predicted molar refractivity (Wildman–Crippen MR) is 108 cm³/mol. The van der Waals surface area contributed by atoms with Gasteiger partial charge >= 0.3 is 19.8 Å². The van der Waals surface area contributed by atoms with Crippen LogP contribution in [0.15, 0.2) is 36.7 Å². The molecule has 1 fully saturated rings. The molecule has 1 saturated heterocycles. The van der Waals surface area contributed by atoms with Crippen molar-refractivity contribution in [3.05, 3.63) is 53.9 Å². The Labute approximate surface area is 191 Å². The SMILES string of the molecule is C=COP(=O)(OC=C)OC[C@H]1O[C@@H](n2cc(F)nc(C(N)=O)c2=O)[C@H](OC(C)=O)[C@@H]1OC(C)=O. The number of nitrogens with zero attached hydrogens (tertiary/aromatic N) is 2. The molecule has 0 saturated carbocycles. The highest BCUT2D eigenvalue weighted by Crippen LogP contribution is 2.50. The van der Waals surface area contributed by atoms with Crippen LogP contribution in [0.4, 0.5) is 4.39 Å². The second-order valence-electron chi connectivity index (χ2n) is 6.49. The number of hydrogen-bond acceptors (Lipinski definition) is 12. The van der Waals surface area contributed by atoms with Crippen molar-refractivity contribution in [3.63, 3.8) is 0 Å². The summed E-state index contributed by atoms with van der Waals surface area (Å²) in [5.74, 6) is -4.35. The Balaban J connectivity index is 2.52. The molecule has 1 aromatic heterocycles. The van der Waals surface area contributed by atoms with E-state index in [1.807, 2.05) is 0 Å². The van der Waals surface area contributed by atoms with Crippen molar-refractivity contribution in [2.45, 2.75) is 38.4 Å². The molecule has 1 aliphatic rings. The van der Waals surface area contributed by atoms with Crippen LogP contribution in [0.5, 0.6) is 0 Å². The Morgan fingerprint density at radius 1 is 1.21 bits per heavy atom. The Hall–Kier alpha value is -3.55. The lowest BCUT2D eigenvalue weighted by atomic mass is 10.1. The summed E-state index contributed by atoms with van der Waals surface area (Å²) < 4.78 is 57.6. The first-order valence-corrected chi connectivity index (χ1v) is 10.8. The van der Waals surface area contributed by atoms with Gasteiger partial charge < -0.3 is 29.0 Å². The number of carbonyl (C=O) groups excluding carboxylic acids is 3. The molecule has 0 unspecified atom stereocenters. The number of carbonyl (C=O) groups is 3. The van der Waals surface area contributed by atoms with Gasteiger partial charge in [-0.3, -0.25) is 28.3 Å². The van der Waals surface area contributed by atoms with Gasteiger partial charge in [0.15, 0.2) is 24.1 Å². The normalized spacial score (nSPS) is 21.9. The molecule has 14 nitrogen and oxygen atoms in total. The molecule has 186 valence electrons. The number of phosphoric ester groups is 1. The van der Waals surface area contributed by atoms with E-state index in [0.717, 1.165) is 26.4 Å². The molecule has 0 bridgehead atoms. The molecule has 1 aromatic rings. The molecule has 1 aliphatic heterocycles. The number of phosphoric acid groups is 1. The number of esters is 2. The van der Waals surface area contributed by atoms with Crippen molar-refractivity contribution in [2.24, 2.45) is 5.73 Å². The van der Waals surface area contributed by atoms with E-state index in [2.05, 4.69) is 18.1 Å². The number of nitrogens with two attached hydrogens (primary N) is 1. The molecule has 1 amide bonds. The van der Waals surface area contributed by atoms with E-state index in [1.54, 1.807) is 0 Å². The van der Waals surface area contributed by atoms with Gasteiger partial charge in [-0.2, -0.15) is 4.39 Å². The molecule has 2 heterocycles. The largest absolute Gasteiger partial charge is 0.586 e. The Morgan fingerprint density at radius 2 is 1.76 bits per heavy atom. The fraction of sp³-hybridized carbons (Fsp3) is 0.389. The Bertz CT molecular complexity index is 1080. The molecule has 4 atom stereocenters. The minimum Gasteiger partial charge on any atom is -0.456 e. The van der Waals surface area contributed by atoms with Crippen LogP contribution in [0.3, 0.4) is 0 Å². The van der Waals surface area contributed by atoms with Gasteiger partial charge in [-0.05, 0) is 0 Å². The van der Waals surface area contributed by atoms with E-state index < -0.39 is 74.0 Å². The molecule has 0 spiro atoms. The third-order valence-electron chi connectivity index (χ3n) is 4.10. The molecule has 34 heavy (non-hydrogen) atoms. The first kappa shape index (κ1) is 26.7. The van der Waals surface area contributed by atoms with E-state index in [4.69, 9.17) is 33.5 Å². The number of amides is 1. The average molecular weight is 505 g/mol. The summed E-state index contributed by atoms with van der Waals surface area (Å²) in [6, 6.07) is 0. The highest BCUT2D eigenvalue weighted by molar-refractivity contribution is 7.48. The van der Waals surface area contributed by atoms with Crippen molar-refractivity contribution in [3.8, 4) is 0 Å². The zero-order chi connectivity index (χ0) is 25.6. The maximum absolute atomic E-state index is 14.0. The third-order valence-corrected chi connectivity index (χ3v) is 5.38. The smallest absolute Gasteiger partial charge is 0.456 e. The number of aromatic nitrogens is 2. The maximum atomic E-state index is 14.0. The first-order valence-electron chi connectivity index (χ1n) is 9.34. The fourth-order valence-electron chi connectivity index (χ4n) is 2.98. The summed E-state index contributed by atoms with van der Waals surface area (Å²) in [5, 5.41) is 0. The van der Waals surface area contributed by atoms with E-state index in [9.17, 15) is 28.1 Å². The molecule has 0 radical (unpaired) electrons. The highest BCUT2D eigenvalue weighted by Gasteiger charge is 2.51. The second kappa shape index (κ2) is 11.0. The molecule has 0 aromatic carbocycles. The molecule has 2 rings (SSSR count). The van der Waals surface area contributed by atoms with Crippen LogP contribution in [0.2, 0.25) is 0 Å². The molecule has 16 heteroatoms. The van der Waals surface area contributed by atoms with Gasteiger partial charge in [0.05, 0.1) is 25.3 Å². The van der Waals surface area contributed by atoms with Gasteiger partial charge in [0.25, 0.3) is 11.5 Å². The van der Waals surface area contributed by atoms with Crippen molar-refractivity contribution in [2.75, 3.05) is 6.61 Å². The predicted octanol–water partition coefficient (Wildman–Crippen LogP) is 0.687. The quantitative estimate of drug-likeness (QED) is 0.252. The van der Waals surface area contributed by atoms with Crippen LogP contribution in [0.1, 0.15) is 30.6 Å². The monoisotopic (exact) mass is 505 g/mol. The Morgan fingerprint density at radius 3 is 2.26 bits per heavy atom. The van der Waals surface area contributed by atoms with Crippen molar-refractivity contribution in [1.82, 2.24) is 9.55 Å². The number of halogens is 1. The van der Waals surface area contributed by atoms with Gasteiger partial charge in [0, 0.05) is 13.8 Å². The lowest BCUT2D eigenvalue weighted by Crippen LogP contribution is -2.42. The van der Waals surface area contributed by atoms with Gasteiger partial charge in [-0.1, -0.05) is 13.2 Å². The van der Waals surface area contributed by atoms with Gasteiger partial charge in [0.1, 0.15) is 6.10 Å². The summed E-state index contributed by atoms with van der Waals surface area (Å²) in [6.45, 7) is 7.85. The van der Waals surface area contributed by atoms with E-state index in [1.165, 1.54) is 0 Å². The lowest BCUT2D eigenvalue weighted by Gasteiger charge is -2.24. The second-order valence-corrected chi connectivity index (χ2v) is 8.06. The summed E-state index contributed by atoms with van der Waals surface area (Å²) >= 11 is 0. The fourth-order valence-corrected chi connectivity index (χ4v) is 3.85. The van der Waals surface area contributed by atoms with Gasteiger partial charge in [0.2, 0.25) is 5.95 Å². The van der Waals surface area contributed by atoms with E-state index in [0.29, 0.717) is 10.8 Å². The van der Waals surface area contributed by atoms with Gasteiger partial charge in [-0.25, -0.2) is 9.55 Å². The number of hydrogen-bond donors (Lipinski definition) is 1. The number of primary amides is 1. The third kappa shape index (κ3) is 6.27. The number of ether oxygens (including phenoxy) is 3. The lowest BCUT2D eigenvalue weighted by molar-refractivity contribution is -0.165. The first-order chi connectivity index (χ1) is 15.9. The van der Waals surface area contributed by atoms with Crippen LogP contribution in [-0.2, 0) is 41.9 Å². The van der Waals surface area contributed by atoms with Crippen LogP contribution in [-0.4, -0.2) is 52.3 Å². The van der Waals surface area contributed by atoms with Crippen LogP contribution in [0.25, 0.3) is 0 Å².